The fourth-order valence-corrected chi connectivity index (χ4v) is 8.79. The summed E-state index contributed by atoms with van der Waals surface area (Å²) in [5, 5.41) is 0. The Morgan fingerprint density at radius 3 is 2.31 bits per heavy atom. The van der Waals surface area contributed by atoms with Crippen molar-refractivity contribution in [3.8, 4) is 11.8 Å². The highest BCUT2D eigenvalue weighted by molar-refractivity contribution is 5.67. The predicted octanol–water partition coefficient (Wildman–Crippen LogP) is 6.31. The summed E-state index contributed by atoms with van der Waals surface area (Å²) in [5.41, 5.74) is 0.649. The van der Waals surface area contributed by atoms with Gasteiger partial charge in [0.05, 0.1) is 0 Å². The standard InChI is InChI=1S/C31H40O4/c1-21(32)34-28-13-12-26-25-11-10-24-20-31(35-22(2)33,17-14-23-8-6-5-7-9-23)19-18-29(24,3)27(25)15-16-30(26,28)4/h5-9,24-28H,10-13,15-16,18-20H2,1-4H3. The van der Waals surface area contributed by atoms with E-state index in [-0.39, 0.29) is 28.9 Å². The van der Waals surface area contributed by atoms with E-state index in [1.165, 1.54) is 32.6 Å². The molecule has 188 valence electrons. The van der Waals surface area contributed by atoms with Gasteiger partial charge in [0, 0.05) is 31.2 Å². The van der Waals surface area contributed by atoms with E-state index in [2.05, 4.69) is 25.7 Å². The quantitative estimate of drug-likeness (QED) is 0.370. The Hall–Kier alpha value is -2.28. The van der Waals surface area contributed by atoms with Crippen LogP contribution in [0.15, 0.2) is 30.3 Å². The van der Waals surface area contributed by atoms with Crippen LogP contribution in [-0.2, 0) is 19.1 Å². The van der Waals surface area contributed by atoms with Crippen molar-refractivity contribution >= 4 is 11.9 Å². The fraction of sp³-hybridized carbons (Fsp3) is 0.677. The van der Waals surface area contributed by atoms with Gasteiger partial charge in [-0.1, -0.05) is 38.0 Å². The van der Waals surface area contributed by atoms with Crippen LogP contribution in [0.3, 0.4) is 0 Å². The minimum Gasteiger partial charge on any atom is -0.462 e. The average molecular weight is 477 g/mol. The van der Waals surface area contributed by atoms with E-state index < -0.39 is 5.60 Å². The Kier molecular flexibility index (Phi) is 6.27. The third-order valence-corrected chi connectivity index (χ3v) is 10.5. The third-order valence-electron chi connectivity index (χ3n) is 10.5. The first-order valence-electron chi connectivity index (χ1n) is 13.6. The molecule has 0 amide bonds. The van der Waals surface area contributed by atoms with Gasteiger partial charge >= 0.3 is 11.9 Å². The summed E-state index contributed by atoms with van der Waals surface area (Å²) >= 11 is 0. The number of carbonyl (C=O) groups excluding carboxylic acids is 2. The second kappa shape index (κ2) is 8.99. The molecular formula is C31H40O4. The molecule has 0 N–H and O–H groups in total. The van der Waals surface area contributed by atoms with Gasteiger partial charge in [-0.05, 0) is 98.5 Å². The van der Waals surface area contributed by atoms with E-state index in [1.54, 1.807) is 6.92 Å². The molecule has 4 aliphatic carbocycles. The summed E-state index contributed by atoms with van der Waals surface area (Å²) in [6.45, 7) is 7.96. The molecule has 0 heterocycles. The number of esters is 2. The molecular weight excluding hydrogens is 436 g/mol. The van der Waals surface area contributed by atoms with Gasteiger partial charge in [0.2, 0.25) is 0 Å². The zero-order chi connectivity index (χ0) is 24.8. The van der Waals surface area contributed by atoms with Crippen molar-refractivity contribution in [2.75, 3.05) is 0 Å². The van der Waals surface area contributed by atoms with Crippen molar-refractivity contribution in [3.05, 3.63) is 35.9 Å². The molecule has 4 heteroatoms. The van der Waals surface area contributed by atoms with Crippen LogP contribution in [0.4, 0.5) is 0 Å². The lowest BCUT2D eigenvalue weighted by Gasteiger charge is -2.61. The highest BCUT2D eigenvalue weighted by Gasteiger charge is 2.62. The second-order valence-electron chi connectivity index (χ2n) is 12.3. The number of rotatable bonds is 2. The highest BCUT2D eigenvalue weighted by atomic mass is 16.6. The van der Waals surface area contributed by atoms with Crippen molar-refractivity contribution < 1.29 is 19.1 Å². The van der Waals surface area contributed by atoms with Crippen LogP contribution < -0.4 is 0 Å². The molecule has 1 aromatic rings. The molecule has 5 rings (SSSR count). The van der Waals surface area contributed by atoms with Gasteiger partial charge in [-0.25, -0.2) is 0 Å². The summed E-state index contributed by atoms with van der Waals surface area (Å²) in [6.07, 6.45) is 9.69. The van der Waals surface area contributed by atoms with Crippen LogP contribution in [0.5, 0.6) is 0 Å². The molecule has 4 fully saturated rings. The molecule has 8 atom stereocenters. The summed E-state index contributed by atoms with van der Waals surface area (Å²) < 4.78 is 11.8. The minimum atomic E-state index is -0.685. The molecule has 4 saturated carbocycles. The lowest BCUT2D eigenvalue weighted by molar-refractivity contribution is -0.175. The van der Waals surface area contributed by atoms with Crippen LogP contribution in [0.2, 0.25) is 0 Å². The minimum absolute atomic E-state index is 0.0766. The molecule has 0 radical (unpaired) electrons. The Balaban J connectivity index is 1.38. The number of fused-ring (bicyclic) bond motifs is 5. The first-order valence-corrected chi connectivity index (χ1v) is 13.6. The molecule has 35 heavy (non-hydrogen) atoms. The van der Waals surface area contributed by atoms with Gasteiger partial charge < -0.3 is 9.47 Å². The molecule has 0 aliphatic heterocycles. The topological polar surface area (TPSA) is 52.6 Å². The fourth-order valence-electron chi connectivity index (χ4n) is 8.79. The smallest absolute Gasteiger partial charge is 0.304 e. The predicted molar refractivity (Wildman–Crippen MR) is 135 cm³/mol. The summed E-state index contributed by atoms with van der Waals surface area (Å²) in [6, 6.07) is 10.00. The Morgan fingerprint density at radius 2 is 1.60 bits per heavy atom. The van der Waals surface area contributed by atoms with Gasteiger partial charge in [-0.3, -0.25) is 9.59 Å². The lowest BCUT2D eigenvalue weighted by atomic mass is 9.44. The SMILES string of the molecule is CC(=O)OC1CCC2C3CCC4CC(C#Cc5ccccc5)(OC(C)=O)CCC4(C)C3CCC12C. The van der Waals surface area contributed by atoms with E-state index >= 15 is 0 Å². The molecule has 0 saturated heterocycles. The number of hydrogen-bond donors (Lipinski definition) is 0. The van der Waals surface area contributed by atoms with Crippen molar-refractivity contribution in [2.45, 2.75) is 97.2 Å². The monoisotopic (exact) mass is 476 g/mol. The normalized spacial score (nSPS) is 41.9. The summed E-state index contributed by atoms with van der Waals surface area (Å²) in [5.74, 6) is 8.91. The number of benzene rings is 1. The summed E-state index contributed by atoms with van der Waals surface area (Å²) in [4.78, 5) is 23.9. The van der Waals surface area contributed by atoms with Crippen molar-refractivity contribution in [2.24, 2.45) is 34.5 Å². The molecule has 1 aromatic carbocycles. The third kappa shape index (κ3) is 4.30. The zero-order valence-electron chi connectivity index (χ0n) is 21.8. The van der Waals surface area contributed by atoms with Crippen molar-refractivity contribution in [1.29, 1.82) is 0 Å². The average Bonchev–Trinajstić information content (AvgIpc) is 3.14. The van der Waals surface area contributed by atoms with Crippen molar-refractivity contribution in [1.82, 2.24) is 0 Å². The number of ether oxygens (including phenoxy) is 2. The maximum Gasteiger partial charge on any atom is 0.304 e. The van der Waals surface area contributed by atoms with Gasteiger partial charge in [0.25, 0.3) is 0 Å². The number of carbonyl (C=O) groups is 2. The van der Waals surface area contributed by atoms with Crippen LogP contribution in [0, 0.1) is 46.3 Å². The van der Waals surface area contributed by atoms with Crippen LogP contribution in [0.25, 0.3) is 0 Å². The van der Waals surface area contributed by atoms with Gasteiger partial charge in [-0.15, -0.1) is 0 Å². The Labute approximate surface area is 210 Å². The zero-order valence-corrected chi connectivity index (χ0v) is 21.8. The molecule has 0 bridgehead atoms. The van der Waals surface area contributed by atoms with Crippen LogP contribution in [0.1, 0.15) is 91.0 Å². The van der Waals surface area contributed by atoms with Crippen LogP contribution in [-0.4, -0.2) is 23.6 Å². The largest absolute Gasteiger partial charge is 0.462 e. The first-order chi connectivity index (χ1) is 16.7. The molecule has 0 aromatic heterocycles. The molecule has 8 unspecified atom stereocenters. The maximum absolute atomic E-state index is 12.1. The van der Waals surface area contributed by atoms with Crippen LogP contribution >= 0.6 is 0 Å². The molecule has 4 aliphatic rings. The van der Waals surface area contributed by atoms with E-state index in [1.807, 2.05) is 30.3 Å². The maximum atomic E-state index is 12.1. The molecule has 0 spiro atoms. The highest BCUT2D eigenvalue weighted by Crippen LogP contribution is 2.67. The molecule has 4 nitrogen and oxygen atoms in total. The van der Waals surface area contributed by atoms with Gasteiger partial charge in [-0.2, -0.15) is 0 Å². The van der Waals surface area contributed by atoms with Gasteiger partial charge in [0.1, 0.15) is 6.10 Å². The van der Waals surface area contributed by atoms with E-state index in [0.717, 1.165) is 37.7 Å². The Bertz CT molecular complexity index is 1040. The van der Waals surface area contributed by atoms with E-state index in [0.29, 0.717) is 23.7 Å². The van der Waals surface area contributed by atoms with Gasteiger partial charge in [0.15, 0.2) is 5.60 Å². The van der Waals surface area contributed by atoms with E-state index in [4.69, 9.17) is 9.47 Å². The second-order valence-corrected chi connectivity index (χ2v) is 12.3. The van der Waals surface area contributed by atoms with Crippen molar-refractivity contribution in [3.63, 3.8) is 0 Å². The number of hydrogen-bond acceptors (Lipinski definition) is 4. The lowest BCUT2D eigenvalue weighted by Crippen LogP contribution is -2.56. The Morgan fingerprint density at radius 1 is 0.857 bits per heavy atom. The van der Waals surface area contributed by atoms with E-state index in [9.17, 15) is 9.59 Å². The first kappa shape index (κ1) is 24.4. The summed E-state index contributed by atoms with van der Waals surface area (Å²) in [7, 11) is 0.